The van der Waals surface area contributed by atoms with Crippen LogP contribution in [0, 0.1) is 19.8 Å². The normalized spacial score (nSPS) is 18.6. The van der Waals surface area contributed by atoms with Crippen molar-refractivity contribution in [3.8, 4) is 0 Å². The van der Waals surface area contributed by atoms with E-state index in [0.29, 0.717) is 0 Å². The molecule has 3 rings (SSSR count). The second-order valence-electron chi connectivity index (χ2n) is 10.3. The summed E-state index contributed by atoms with van der Waals surface area (Å²) < 4.78 is 0. The average molecular weight is 434 g/mol. The number of aryl methyl sites for hydroxylation is 4. The van der Waals surface area contributed by atoms with Crippen LogP contribution in [0.25, 0.3) is 0 Å². The second-order valence-corrected chi connectivity index (χ2v) is 10.3. The summed E-state index contributed by atoms with van der Waals surface area (Å²) in [6, 6.07) is 14.3. The van der Waals surface area contributed by atoms with Gasteiger partial charge in [0, 0.05) is 12.2 Å². The summed E-state index contributed by atoms with van der Waals surface area (Å²) in [6.45, 7) is 10.2. The van der Waals surface area contributed by atoms with E-state index in [2.05, 4.69) is 69.4 Å². The van der Waals surface area contributed by atoms with Crippen LogP contribution in [0.3, 0.4) is 0 Å². The predicted molar refractivity (Wildman–Crippen MR) is 142 cm³/mol. The van der Waals surface area contributed by atoms with Gasteiger partial charge in [-0.2, -0.15) is 0 Å². The molecule has 1 saturated carbocycles. The molecule has 1 aliphatic rings. The first-order valence-corrected chi connectivity index (χ1v) is 13.5. The number of hydrogen-bond acceptors (Lipinski definition) is 1. The number of rotatable bonds is 12. The van der Waals surface area contributed by atoms with Crippen LogP contribution in [-0.2, 0) is 12.8 Å². The fourth-order valence-electron chi connectivity index (χ4n) is 5.49. The van der Waals surface area contributed by atoms with Gasteiger partial charge in [0.2, 0.25) is 0 Å². The highest BCUT2D eigenvalue weighted by Crippen LogP contribution is 2.38. The summed E-state index contributed by atoms with van der Waals surface area (Å²) in [4.78, 5) is 0. The molecule has 0 aliphatic heterocycles. The van der Waals surface area contributed by atoms with Gasteiger partial charge in [-0.15, -0.1) is 0 Å². The molecule has 1 fully saturated rings. The molecule has 1 nitrogen and oxygen atoms in total. The van der Waals surface area contributed by atoms with Crippen LogP contribution in [0.2, 0.25) is 0 Å². The van der Waals surface area contributed by atoms with Gasteiger partial charge >= 0.3 is 0 Å². The fraction of sp³-hybridized carbons (Fsp3) is 0.613. The number of unbranched alkanes of at least 4 members (excludes halogenated alkanes) is 3. The summed E-state index contributed by atoms with van der Waals surface area (Å²) in [6.07, 6.45) is 16.1. The highest BCUT2D eigenvalue weighted by Gasteiger charge is 2.22. The lowest BCUT2D eigenvalue weighted by molar-refractivity contribution is 0.302. The number of anilines is 1. The standard InChI is InChI=1S/C31H47N/c1-5-7-9-10-26-11-13-29(14-12-26)30-18-17-27(24(3)22-30)15-16-28-19-20-31(23-25(28)4)32-21-8-6-2/h17-20,22-23,26,29,32H,5-16,21H2,1-4H3. The second kappa shape index (κ2) is 13.1. The summed E-state index contributed by atoms with van der Waals surface area (Å²) in [5.74, 6) is 1.79. The number of nitrogens with one attached hydrogen (secondary N) is 1. The highest BCUT2D eigenvalue weighted by molar-refractivity contribution is 5.48. The van der Waals surface area contributed by atoms with Crippen LogP contribution in [0.4, 0.5) is 5.69 Å². The molecular weight excluding hydrogens is 386 g/mol. The highest BCUT2D eigenvalue weighted by atomic mass is 14.9. The van der Waals surface area contributed by atoms with Gasteiger partial charge in [-0.3, -0.25) is 0 Å². The van der Waals surface area contributed by atoms with Crippen molar-refractivity contribution >= 4 is 5.69 Å². The van der Waals surface area contributed by atoms with E-state index >= 15 is 0 Å². The number of hydrogen-bond donors (Lipinski definition) is 1. The molecule has 1 heteroatoms. The maximum Gasteiger partial charge on any atom is 0.0343 e. The molecule has 1 aliphatic carbocycles. The van der Waals surface area contributed by atoms with E-state index in [1.807, 2.05) is 0 Å². The minimum atomic E-state index is 0.792. The molecule has 0 heterocycles. The van der Waals surface area contributed by atoms with Gasteiger partial charge in [-0.25, -0.2) is 0 Å². The molecule has 0 aromatic heterocycles. The van der Waals surface area contributed by atoms with E-state index in [1.54, 1.807) is 5.56 Å². The largest absolute Gasteiger partial charge is 0.385 e. The zero-order valence-electron chi connectivity index (χ0n) is 21.3. The maximum absolute atomic E-state index is 3.55. The summed E-state index contributed by atoms with van der Waals surface area (Å²) in [5.41, 5.74) is 8.76. The molecule has 0 radical (unpaired) electrons. The third-order valence-corrected chi connectivity index (χ3v) is 7.77. The van der Waals surface area contributed by atoms with E-state index in [-0.39, 0.29) is 0 Å². The van der Waals surface area contributed by atoms with Crippen LogP contribution >= 0.6 is 0 Å². The SMILES string of the molecule is CCCCCC1CCC(c2ccc(CCc3ccc(NCCCC)cc3C)c(C)c2)CC1. The third kappa shape index (κ3) is 7.39. The molecule has 0 atom stereocenters. The summed E-state index contributed by atoms with van der Waals surface area (Å²) in [7, 11) is 0. The lowest BCUT2D eigenvalue weighted by Gasteiger charge is -2.29. The van der Waals surface area contributed by atoms with Crippen LogP contribution in [-0.4, -0.2) is 6.54 Å². The zero-order chi connectivity index (χ0) is 22.8. The number of benzene rings is 2. The van der Waals surface area contributed by atoms with Gasteiger partial charge in [0.25, 0.3) is 0 Å². The first-order chi connectivity index (χ1) is 15.6. The Balaban J connectivity index is 1.50. The molecule has 0 unspecified atom stereocenters. The van der Waals surface area contributed by atoms with Crippen molar-refractivity contribution in [3.63, 3.8) is 0 Å². The van der Waals surface area contributed by atoms with Crippen LogP contribution < -0.4 is 5.32 Å². The molecule has 2 aromatic carbocycles. The molecule has 0 amide bonds. The van der Waals surface area contributed by atoms with E-state index in [1.165, 1.54) is 92.1 Å². The van der Waals surface area contributed by atoms with Crippen molar-refractivity contribution in [3.05, 3.63) is 64.2 Å². The van der Waals surface area contributed by atoms with Gasteiger partial charge < -0.3 is 5.32 Å². The van der Waals surface area contributed by atoms with Gasteiger partial charge in [-0.05, 0) is 111 Å². The molecule has 0 saturated heterocycles. The monoisotopic (exact) mass is 433 g/mol. The Morgan fingerprint density at radius 3 is 2.03 bits per heavy atom. The minimum absolute atomic E-state index is 0.792. The fourth-order valence-corrected chi connectivity index (χ4v) is 5.49. The Morgan fingerprint density at radius 1 is 0.750 bits per heavy atom. The molecule has 176 valence electrons. The van der Waals surface area contributed by atoms with E-state index < -0.39 is 0 Å². The quantitative estimate of drug-likeness (QED) is 0.329. The molecular formula is C31H47N. The van der Waals surface area contributed by atoms with E-state index in [4.69, 9.17) is 0 Å². The maximum atomic E-state index is 3.55. The summed E-state index contributed by atoms with van der Waals surface area (Å²) in [5, 5.41) is 3.55. The predicted octanol–water partition coefficient (Wildman–Crippen LogP) is 9.15. The molecule has 32 heavy (non-hydrogen) atoms. The average Bonchev–Trinajstić information content (AvgIpc) is 2.80. The van der Waals surface area contributed by atoms with Crippen molar-refractivity contribution in [2.24, 2.45) is 5.92 Å². The first kappa shape index (κ1) is 24.9. The third-order valence-electron chi connectivity index (χ3n) is 7.77. The van der Waals surface area contributed by atoms with Gasteiger partial charge in [-0.1, -0.05) is 70.2 Å². The lowest BCUT2D eigenvalue weighted by atomic mass is 9.76. The Hall–Kier alpha value is -1.76. The van der Waals surface area contributed by atoms with Gasteiger partial charge in [0.1, 0.15) is 0 Å². The minimum Gasteiger partial charge on any atom is -0.385 e. The topological polar surface area (TPSA) is 12.0 Å². The van der Waals surface area contributed by atoms with Crippen molar-refractivity contribution in [1.82, 2.24) is 0 Å². The van der Waals surface area contributed by atoms with Crippen LogP contribution in [0.1, 0.15) is 112 Å². The van der Waals surface area contributed by atoms with Gasteiger partial charge in [0.15, 0.2) is 0 Å². The molecule has 1 N–H and O–H groups in total. The zero-order valence-corrected chi connectivity index (χ0v) is 21.3. The lowest BCUT2D eigenvalue weighted by Crippen LogP contribution is -2.13. The smallest absolute Gasteiger partial charge is 0.0343 e. The Labute approximate surface area is 198 Å². The van der Waals surface area contributed by atoms with Crippen molar-refractivity contribution in [2.75, 3.05) is 11.9 Å². The van der Waals surface area contributed by atoms with Crippen LogP contribution in [0.15, 0.2) is 36.4 Å². The van der Waals surface area contributed by atoms with Crippen LogP contribution in [0.5, 0.6) is 0 Å². The van der Waals surface area contributed by atoms with Crippen molar-refractivity contribution in [2.45, 2.75) is 111 Å². The molecule has 0 spiro atoms. The van der Waals surface area contributed by atoms with E-state index in [0.717, 1.165) is 31.2 Å². The Bertz CT molecular complexity index is 813. The van der Waals surface area contributed by atoms with Crippen molar-refractivity contribution < 1.29 is 0 Å². The molecule has 2 aromatic rings. The first-order valence-electron chi connectivity index (χ1n) is 13.5. The molecule has 0 bridgehead atoms. The van der Waals surface area contributed by atoms with Crippen molar-refractivity contribution in [1.29, 1.82) is 0 Å². The Morgan fingerprint density at radius 2 is 1.41 bits per heavy atom. The van der Waals surface area contributed by atoms with Gasteiger partial charge in [0.05, 0.1) is 0 Å². The summed E-state index contributed by atoms with van der Waals surface area (Å²) >= 11 is 0. The van der Waals surface area contributed by atoms with E-state index in [9.17, 15) is 0 Å². The Kier molecular flexibility index (Phi) is 10.2.